The third kappa shape index (κ3) is 3.77. The van der Waals surface area contributed by atoms with Crippen LogP contribution in [0.1, 0.15) is 25.7 Å². The van der Waals surface area contributed by atoms with Crippen molar-refractivity contribution < 1.29 is 4.79 Å². The van der Waals surface area contributed by atoms with Gasteiger partial charge in [0.05, 0.1) is 0 Å². The Kier molecular flexibility index (Phi) is 4.89. The van der Waals surface area contributed by atoms with Gasteiger partial charge in [0, 0.05) is 37.9 Å². The average molecular weight is 260 g/mol. The summed E-state index contributed by atoms with van der Waals surface area (Å²) in [6.45, 7) is 5.23. The van der Waals surface area contributed by atoms with E-state index in [4.69, 9.17) is 0 Å². The Labute approximate surface area is 113 Å². The monoisotopic (exact) mass is 260 g/mol. The molecule has 0 aliphatic carbocycles. The Morgan fingerprint density at radius 1 is 1.53 bits per heavy atom. The van der Waals surface area contributed by atoms with Crippen LogP contribution in [-0.4, -0.2) is 35.0 Å². The van der Waals surface area contributed by atoms with Crippen molar-refractivity contribution >= 4 is 11.9 Å². The molecule has 0 saturated carbocycles. The van der Waals surface area contributed by atoms with Crippen LogP contribution < -0.4 is 10.2 Å². The molecule has 0 radical (unpaired) electrons. The molecule has 0 spiro atoms. The molecular weight excluding hydrogens is 240 g/mol. The van der Waals surface area contributed by atoms with Crippen LogP contribution in [0.4, 0.5) is 5.95 Å². The van der Waals surface area contributed by atoms with Gasteiger partial charge in [-0.05, 0) is 25.3 Å². The lowest BCUT2D eigenvalue weighted by Crippen LogP contribution is -2.40. The molecule has 1 unspecified atom stereocenters. The maximum atomic E-state index is 11.6. The van der Waals surface area contributed by atoms with Crippen molar-refractivity contribution in [1.82, 2.24) is 15.3 Å². The molecule has 1 fully saturated rings. The largest absolute Gasteiger partial charge is 0.354 e. The molecule has 1 aromatic heterocycles. The van der Waals surface area contributed by atoms with Crippen molar-refractivity contribution in [3.8, 4) is 0 Å². The van der Waals surface area contributed by atoms with E-state index in [1.807, 2.05) is 6.07 Å². The second-order valence-corrected chi connectivity index (χ2v) is 4.67. The van der Waals surface area contributed by atoms with Crippen LogP contribution >= 0.6 is 0 Å². The van der Waals surface area contributed by atoms with Gasteiger partial charge >= 0.3 is 0 Å². The fraction of sp³-hybridized carbons (Fsp3) is 0.500. The number of allylic oxidation sites excluding steroid dienone is 1. The number of rotatable bonds is 6. The molecule has 2 heterocycles. The van der Waals surface area contributed by atoms with Crippen molar-refractivity contribution in [2.24, 2.45) is 0 Å². The minimum absolute atomic E-state index is 0.0840. The lowest BCUT2D eigenvalue weighted by Gasteiger charge is -2.24. The second kappa shape index (κ2) is 6.87. The highest BCUT2D eigenvalue weighted by Crippen LogP contribution is 2.21. The van der Waals surface area contributed by atoms with Gasteiger partial charge in [0.2, 0.25) is 11.9 Å². The number of carbonyl (C=O) groups excluding carboxylic acids is 1. The molecule has 1 atom stereocenters. The first kappa shape index (κ1) is 13.5. The lowest BCUT2D eigenvalue weighted by molar-refractivity contribution is -0.121. The Balaban J connectivity index is 1.86. The van der Waals surface area contributed by atoms with Gasteiger partial charge < -0.3 is 10.2 Å². The second-order valence-electron chi connectivity index (χ2n) is 4.67. The SMILES string of the molecule is C=CCCC(=O)NCC1CCCN1c1ncccn1. The highest BCUT2D eigenvalue weighted by molar-refractivity contribution is 5.76. The van der Waals surface area contributed by atoms with Gasteiger partial charge in [0.1, 0.15) is 0 Å². The predicted molar refractivity (Wildman–Crippen MR) is 74.8 cm³/mol. The van der Waals surface area contributed by atoms with E-state index in [1.54, 1.807) is 18.5 Å². The molecule has 19 heavy (non-hydrogen) atoms. The Hall–Kier alpha value is -1.91. The molecule has 1 N–H and O–H groups in total. The van der Waals surface area contributed by atoms with Crippen LogP contribution in [0.5, 0.6) is 0 Å². The number of hydrogen-bond donors (Lipinski definition) is 1. The molecule has 2 rings (SSSR count). The number of aromatic nitrogens is 2. The minimum Gasteiger partial charge on any atom is -0.354 e. The number of carbonyl (C=O) groups is 1. The number of nitrogens with one attached hydrogen (secondary N) is 1. The van der Waals surface area contributed by atoms with Crippen LogP contribution in [0.25, 0.3) is 0 Å². The van der Waals surface area contributed by atoms with Gasteiger partial charge in [-0.1, -0.05) is 6.08 Å². The van der Waals surface area contributed by atoms with Crippen molar-refractivity contribution in [3.05, 3.63) is 31.1 Å². The zero-order chi connectivity index (χ0) is 13.5. The molecule has 5 heteroatoms. The number of hydrogen-bond acceptors (Lipinski definition) is 4. The maximum absolute atomic E-state index is 11.6. The number of amides is 1. The van der Waals surface area contributed by atoms with E-state index in [9.17, 15) is 4.79 Å². The van der Waals surface area contributed by atoms with Crippen LogP contribution in [0.15, 0.2) is 31.1 Å². The quantitative estimate of drug-likeness (QED) is 0.788. The molecule has 1 aliphatic rings. The van der Waals surface area contributed by atoms with Crippen molar-refractivity contribution in [1.29, 1.82) is 0 Å². The first-order valence-corrected chi connectivity index (χ1v) is 6.72. The van der Waals surface area contributed by atoms with Crippen LogP contribution in [0, 0.1) is 0 Å². The highest BCUT2D eigenvalue weighted by Gasteiger charge is 2.26. The summed E-state index contributed by atoms with van der Waals surface area (Å²) in [6.07, 6.45) is 8.69. The molecule has 5 nitrogen and oxygen atoms in total. The molecule has 0 bridgehead atoms. The van der Waals surface area contributed by atoms with Crippen molar-refractivity contribution in [3.63, 3.8) is 0 Å². The highest BCUT2D eigenvalue weighted by atomic mass is 16.1. The fourth-order valence-electron chi connectivity index (χ4n) is 2.30. The van der Waals surface area contributed by atoms with Gasteiger partial charge in [-0.3, -0.25) is 4.79 Å². The van der Waals surface area contributed by atoms with E-state index < -0.39 is 0 Å². The Bertz CT molecular complexity index is 421. The molecule has 1 saturated heterocycles. The standard InChI is InChI=1S/C14H20N4O/c1-2-3-7-13(19)17-11-12-6-4-10-18(12)14-15-8-5-9-16-14/h2,5,8-9,12H,1,3-4,6-7,10-11H2,(H,17,19). The van der Waals surface area contributed by atoms with Crippen LogP contribution in [0.2, 0.25) is 0 Å². The molecular formula is C14H20N4O. The third-order valence-electron chi connectivity index (χ3n) is 3.30. The van der Waals surface area contributed by atoms with E-state index in [0.717, 1.165) is 31.8 Å². The summed E-state index contributed by atoms with van der Waals surface area (Å²) in [7, 11) is 0. The van der Waals surface area contributed by atoms with E-state index in [0.29, 0.717) is 19.0 Å². The molecule has 0 aromatic carbocycles. The minimum atomic E-state index is 0.0840. The van der Waals surface area contributed by atoms with Crippen molar-refractivity contribution in [2.75, 3.05) is 18.0 Å². The normalized spacial score (nSPS) is 18.3. The molecule has 102 valence electrons. The molecule has 1 aromatic rings. The zero-order valence-corrected chi connectivity index (χ0v) is 11.1. The average Bonchev–Trinajstić information content (AvgIpc) is 2.92. The van der Waals surface area contributed by atoms with E-state index in [1.165, 1.54) is 0 Å². The van der Waals surface area contributed by atoms with Gasteiger partial charge in [-0.15, -0.1) is 6.58 Å². The summed E-state index contributed by atoms with van der Waals surface area (Å²) in [5.41, 5.74) is 0. The summed E-state index contributed by atoms with van der Waals surface area (Å²) in [5.74, 6) is 0.839. The van der Waals surface area contributed by atoms with Gasteiger partial charge in [0.15, 0.2) is 0 Å². The van der Waals surface area contributed by atoms with Gasteiger partial charge in [0.25, 0.3) is 0 Å². The zero-order valence-electron chi connectivity index (χ0n) is 11.1. The number of anilines is 1. The summed E-state index contributed by atoms with van der Waals surface area (Å²) >= 11 is 0. The van der Waals surface area contributed by atoms with E-state index >= 15 is 0 Å². The van der Waals surface area contributed by atoms with E-state index in [-0.39, 0.29) is 5.91 Å². The topological polar surface area (TPSA) is 58.1 Å². The fourth-order valence-corrected chi connectivity index (χ4v) is 2.30. The first-order chi connectivity index (χ1) is 9.31. The van der Waals surface area contributed by atoms with E-state index in [2.05, 4.69) is 26.8 Å². The molecule has 1 amide bonds. The van der Waals surface area contributed by atoms with Gasteiger partial charge in [-0.25, -0.2) is 9.97 Å². The summed E-state index contributed by atoms with van der Waals surface area (Å²) in [5, 5.41) is 2.98. The maximum Gasteiger partial charge on any atom is 0.225 e. The summed E-state index contributed by atoms with van der Waals surface area (Å²) in [6, 6.07) is 2.11. The van der Waals surface area contributed by atoms with Crippen LogP contribution in [-0.2, 0) is 4.79 Å². The Morgan fingerprint density at radius 2 is 2.32 bits per heavy atom. The Morgan fingerprint density at radius 3 is 3.05 bits per heavy atom. The van der Waals surface area contributed by atoms with Crippen LogP contribution in [0.3, 0.4) is 0 Å². The summed E-state index contributed by atoms with van der Waals surface area (Å²) in [4.78, 5) is 22.3. The first-order valence-electron chi connectivity index (χ1n) is 6.72. The smallest absolute Gasteiger partial charge is 0.225 e. The predicted octanol–water partition coefficient (Wildman–Crippen LogP) is 1.53. The lowest BCUT2D eigenvalue weighted by atomic mass is 10.2. The van der Waals surface area contributed by atoms with Gasteiger partial charge in [-0.2, -0.15) is 0 Å². The third-order valence-corrected chi connectivity index (χ3v) is 3.30. The van der Waals surface area contributed by atoms with Crippen molar-refractivity contribution in [2.45, 2.75) is 31.7 Å². The summed E-state index contributed by atoms with van der Waals surface area (Å²) < 4.78 is 0. The molecule has 1 aliphatic heterocycles. The number of nitrogens with zero attached hydrogens (tertiary/aromatic N) is 3.